The number of hydrogen-bond acceptors (Lipinski definition) is 6. The Morgan fingerprint density at radius 2 is 2.20 bits per heavy atom. The van der Waals surface area contributed by atoms with E-state index in [9.17, 15) is 22.8 Å². The minimum Gasteiger partial charge on any atom is -0.477 e. The topological polar surface area (TPSA) is 121 Å². The number of amides is 2. The molecule has 0 aromatic heterocycles. The highest BCUT2D eigenvalue weighted by atomic mass is 32.2. The second kappa shape index (κ2) is 5.09. The van der Waals surface area contributed by atoms with Crippen molar-refractivity contribution in [3.8, 4) is 0 Å². The average molecular weight is 320 g/mol. The standard InChI is InChI=1S/C10H12N2O6S2/c1-20(17,18)4-7(13)11-8-5-2-19-3-6(10(15)16)12(5)9(8)14/h3,5,8H,2,4H2,1H3,(H,11,13)(H,15,16)/t5-,8+/m0/s1. The number of carboxylic acid groups (broad SMARTS) is 1. The summed E-state index contributed by atoms with van der Waals surface area (Å²) in [5.74, 6) is -2.76. The van der Waals surface area contributed by atoms with Crippen molar-refractivity contribution < 1.29 is 27.9 Å². The van der Waals surface area contributed by atoms with Gasteiger partial charge in [-0.25, -0.2) is 13.2 Å². The maximum Gasteiger partial charge on any atom is 0.353 e. The normalized spacial score (nSPS) is 25.4. The van der Waals surface area contributed by atoms with Crippen molar-refractivity contribution in [1.29, 1.82) is 0 Å². The number of carboxylic acids is 1. The summed E-state index contributed by atoms with van der Waals surface area (Å²) in [6, 6.07) is -1.31. The smallest absolute Gasteiger partial charge is 0.353 e. The molecule has 0 unspecified atom stereocenters. The Hall–Kier alpha value is -1.55. The maximum atomic E-state index is 11.9. The van der Waals surface area contributed by atoms with Crippen LogP contribution >= 0.6 is 11.8 Å². The van der Waals surface area contributed by atoms with Crippen molar-refractivity contribution in [3.05, 3.63) is 11.1 Å². The molecule has 8 nitrogen and oxygen atoms in total. The summed E-state index contributed by atoms with van der Waals surface area (Å²) in [5, 5.41) is 12.7. The van der Waals surface area contributed by atoms with Crippen molar-refractivity contribution >= 4 is 39.4 Å². The molecule has 1 fully saturated rings. The van der Waals surface area contributed by atoms with Crippen molar-refractivity contribution in [1.82, 2.24) is 10.2 Å². The fraction of sp³-hybridized carbons (Fsp3) is 0.500. The van der Waals surface area contributed by atoms with Gasteiger partial charge in [0.2, 0.25) is 5.91 Å². The molecule has 20 heavy (non-hydrogen) atoms. The summed E-state index contributed by atoms with van der Waals surface area (Å²) in [4.78, 5) is 35.4. The first-order valence-corrected chi connectivity index (χ1v) is 8.67. The van der Waals surface area contributed by atoms with Crippen LogP contribution in [0.25, 0.3) is 0 Å². The summed E-state index contributed by atoms with van der Waals surface area (Å²) < 4.78 is 22.0. The minimum atomic E-state index is -3.47. The second-order valence-electron chi connectivity index (χ2n) is 4.53. The lowest BCUT2D eigenvalue weighted by molar-refractivity contribution is -0.153. The van der Waals surface area contributed by atoms with Gasteiger partial charge >= 0.3 is 5.97 Å². The Kier molecular flexibility index (Phi) is 3.78. The van der Waals surface area contributed by atoms with Gasteiger partial charge < -0.3 is 10.4 Å². The van der Waals surface area contributed by atoms with E-state index >= 15 is 0 Å². The molecule has 2 amide bonds. The summed E-state index contributed by atoms with van der Waals surface area (Å²) in [6.07, 6.45) is 0.920. The molecule has 0 aromatic rings. The Balaban J connectivity index is 2.05. The van der Waals surface area contributed by atoms with Gasteiger partial charge in [-0.1, -0.05) is 0 Å². The first-order chi connectivity index (χ1) is 9.20. The third-order valence-corrected chi connectivity index (χ3v) is 4.58. The molecule has 0 aliphatic carbocycles. The lowest BCUT2D eigenvalue weighted by atomic mass is 9.95. The van der Waals surface area contributed by atoms with Crippen LogP contribution in [-0.4, -0.2) is 66.1 Å². The number of fused-ring (bicyclic) bond motifs is 1. The number of aliphatic carboxylic acids is 1. The monoisotopic (exact) mass is 320 g/mol. The van der Waals surface area contributed by atoms with Gasteiger partial charge in [-0.3, -0.25) is 14.5 Å². The number of rotatable bonds is 4. The molecule has 2 heterocycles. The van der Waals surface area contributed by atoms with E-state index in [2.05, 4.69) is 5.32 Å². The van der Waals surface area contributed by atoms with Gasteiger partial charge in [-0.05, 0) is 0 Å². The number of β-lactam (4-membered cyclic amide) rings is 1. The van der Waals surface area contributed by atoms with E-state index in [-0.39, 0.29) is 5.70 Å². The average Bonchev–Trinajstić information content (AvgIpc) is 2.32. The number of nitrogens with one attached hydrogen (secondary N) is 1. The van der Waals surface area contributed by atoms with Crippen LogP contribution in [0.3, 0.4) is 0 Å². The first-order valence-electron chi connectivity index (χ1n) is 5.56. The van der Waals surface area contributed by atoms with Crippen molar-refractivity contribution in [2.45, 2.75) is 12.1 Å². The van der Waals surface area contributed by atoms with Gasteiger partial charge in [0.15, 0.2) is 9.84 Å². The Labute approximate surface area is 119 Å². The highest BCUT2D eigenvalue weighted by Gasteiger charge is 2.52. The third kappa shape index (κ3) is 2.80. The largest absolute Gasteiger partial charge is 0.477 e. The zero-order chi connectivity index (χ0) is 15.1. The quantitative estimate of drug-likeness (QED) is 0.598. The van der Waals surface area contributed by atoms with Crippen LogP contribution in [-0.2, 0) is 24.2 Å². The number of sulfone groups is 1. The highest BCUT2D eigenvalue weighted by Crippen LogP contribution is 2.34. The van der Waals surface area contributed by atoms with Gasteiger partial charge in [0.1, 0.15) is 17.5 Å². The van der Waals surface area contributed by atoms with Gasteiger partial charge in [0.05, 0.1) is 6.04 Å². The van der Waals surface area contributed by atoms with Gasteiger partial charge in [0, 0.05) is 17.4 Å². The maximum absolute atomic E-state index is 11.9. The zero-order valence-corrected chi connectivity index (χ0v) is 12.0. The molecule has 10 heteroatoms. The van der Waals surface area contributed by atoms with Crippen LogP contribution < -0.4 is 5.32 Å². The van der Waals surface area contributed by atoms with Crippen LogP contribution in [0.1, 0.15) is 0 Å². The van der Waals surface area contributed by atoms with E-state index in [1.165, 1.54) is 17.2 Å². The molecule has 110 valence electrons. The van der Waals surface area contributed by atoms with E-state index < -0.39 is 45.5 Å². The van der Waals surface area contributed by atoms with E-state index in [4.69, 9.17) is 5.11 Å². The summed E-state index contributed by atoms with van der Waals surface area (Å²) in [7, 11) is -3.47. The molecule has 2 rings (SSSR count). The van der Waals surface area contributed by atoms with Crippen LogP contribution in [0.4, 0.5) is 0 Å². The molecule has 0 spiro atoms. The molecule has 2 aliphatic rings. The number of carbonyl (C=O) groups excluding carboxylic acids is 2. The highest BCUT2D eigenvalue weighted by molar-refractivity contribution is 8.02. The lowest BCUT2D eigenvalue weighted by Crippen LogP contribution is -2.72. The summed E-state index contributed by atoms with van der Waals surface area (Å²) in [6.45, 7) is 0. The van der Waals surface area contributed by atoms with Gasteiger partial charge in [-0.15, -0.1) is 11.8 Å². The first kappa shape index (κ1) is 14.9. The molecular weight excluding hydrogens is 308 g/mol. The number of thioether (sulfide) groups is 1. The molecule has 0 bridgehead atoms. The predicted octanol–water partition coefficient (Wildman–Crippen LogP) is -1.60. The van der Waals surface area contributed by atoms with E-state index in [1.807, 2.05) is 0 Å². The van der Waals surface area contributed by atoms with Crippen LogP contribution in [0.15, 0.2) is 11.1 Å². The minimum absolute atomic E-state index is 0.120. The van der Waals surface area contributed by atoms with Crippen LogP contribution in [0, 0.1) is 0 Å². The molecular formula is C10H12N2O6S2. The zero-order valence-electron chi connectivity index (χ0n) is 10.4. The van der Waals surface area contributed by atoms with Crippen molar-refractivity contribution in [3.63, 3.8) is 0 Å². The van der Waals surface area contributed by atoms with Crippen molar-refractivity contribution in [2.75, 3.05) is 17.8 Å². The SMILES string of the molecule is CS(=O)(=O)CC(=O)N[C@H]1C(=O)N2C(C(=O)O)=CSC[C@@H]12. The molecule has 0 aromatic carbocycles. The lowest BCUT2D eigenvalue weighted by Gasteiger charge is -2.48. The second-order valence-corrected chi connectivity index (χ2v) is 7.57. The van der Waals surface area contributed by atoms with Crippen LogP contribution in [0.5, 0.6) is 0 Å². The van der Waals surface area contributed by atoms with Gasteiger partial charge in [0.25, 0.3) is 5.91 Å². The molecule has 0 radical (unpaired) electrons. The summed E-state index contributed by atoms with van der Waals surface area (Å²) in [5.41, 5.74) is -0.120. The van der Waals surface area contributed by atoms with Crippen molar-refractivity contribution in [2.24, 2.45) is 0 Å². The summed E-state index contributed by atoms with van der Waals surface area (Å²) >= 11 is 1.23. The number of carbonyl (C=O) groups is 3. The predicted molar refractivity (Wildman–Crippen MR) is 70.5 cm³/mol. The molecule has 2 N–H and O–H groups in total. The molecule has 1 saturated heterocycles. The van der Waals surface area contributed by atoms with Crippen LogP contribution in [0.2, 0.25) is 0 Å². The fourth-order valence-corrected chi connectivity index (χ4v) is 3.63. The molecule has 2 aliphatic heterocycles. The number of hydrogen-bond donors (Lipinski definition) is 2. The van der Waals surface area contributed by atoms with E-state index in [1.54, 1.807) is 0 Å². The Bertz CT molecular complexity index is 611. The fourth-order valence-electron chi connectivity index (χ4n) is 2.06. The Morgan fingerprint density at radius 1 is 1.55 bits per heavy atom. The van der Waals surface area contributed by atoms with Gasteiger partial charge in [-0.2, -0.15) is 0 Å². The molecule has 2 atom stereocenters. The number of nitrogens with zero attached hydrogens (tertiary/aromatic N) is 1. The Morgan fingerprint density at radius 3 is 2.75 bits per heavy atom. The van der Waals surface area contributed by atoms with E-state index in [0.29, 0.717) is 5.75 Å². The third-order valence-electron chi connectivity index (χ3n) is 2.87. The van der Waals surface area contributed by atoms with E-state index in [0.717, 1.165) is 11.2 Å². The molecule has 0 saturated carbocycles.